The maximum atomic E-state index is 2.39. The number of anilines is 3. The van der Waals surface area contributed by atoms with Gasteiger partial charge in [-0.15, -0.1) is 0 Å². The Kier molecular flexibility index (Phi) is 10.7. The van der Waals surface area contributed by atoms with Gasteiger partial charge in [0.15, 0.2) is 0 Å². The summed E-state index contributed by atoms with van der Waals surface area (Å²) in [5.74, 6) is 0. The van der Waals surface area contributed by atoms with Gasteiger partial charge in [-0.3, -0.25) is 0 Å². The van der Waals surface area contributed by atoms with Crippen LogP contribution in [-0.4, -0.2) is 0 Å². The predicted octanol–water partition coefficient (Wildman–Crippen LogP) is 18.0. The van der Waals surface area contributed by atoms with E-state index in [2.05, 4.69) is 278 Å². The molecule has 0 heterocycles. The summed E-state index contributed by atoms with van der Waals surface area (Å²) in [5, 5.41) is 2.48. The quantitative estimate of drug-likeness (QED) is 0.133. The molecule has 11 aromatic rings. The van der Waals surface area contributed by atoms with Gasteiger partial charge in [-0.2, -0.15) is 0 Å². The third kappa shape index (κ3) is 8.04. The topological polar surface area (TPSA) is 3.24 Å². The summed E-state index contributed by atoms with van der Waals surface area (Å²) < 4.78 is 0. The van der Waals surface area contributed by atoms with Crippen molar-refractivity contribution in [1.29, 1.82) is 0 Å². The Morgan fingerprint density at radius 1 is 0.185 bits per heavy atom. The van der Waals surface area contributed by atoms with Crippen molar-refractivity contribution in [2.45, 2.75) is 0 Å². The first-order valence-electron chi connectivity index (χ1n) is 22.3. The summed E-state index contributed by atoms with van der Waals surface area (Å²) >= 11 is 0. The molecule has 0 amide bonds. The van der Waals surface area contributed by atoms with Crippen LogP contribution in [0.25, 0.3) is 88.7 Å². The van der Waals surface area contributed by atoms with Gasteiger partial charge in [0.25, 0.3) is 0 Å². The van der Waals surface area contributed by atoms with Crippen molar-refractivity contribution in [3.05, 3.63) is 273 Å². The van der Waals surface area contributed by atoms with Crippen LogP contribution in [-0.2, 0) is 0 Å². The average Bonchev–Trinajstić information content (AvgIpc) is 3.40. The van der Waals surface area contributed by atoms with Gasteiger partial charge in [0.2, 0.25) is 0 Å². The van der Waals surface area contributed by atoms with Crippen LogP contribution in [0.15, 0.2) is 273 Å². The molecule has 0 aliphatic carbocycles. The second kappa shape index (κ2) is 17.7. The van der Waals surface area contributed by atoms with Crippen molar-refractivity contribution in [2.24, 2.45) is 0 Å². The lowest BCUT2D eigenvalue weighted by atomic mass is 9.84. The predicted molar refractivity (Wildman–Crippen MR) is 277 cm³/mol. The average molecular weight is 828 g/mol. The Hall–Kier alpha value is -8.52. The van der Waals surface area contributed by atoms with E-state index >= 15 is 0 Å². The van der Waals surface area contributed by atoms with E-state index in [9.17, 15) is 0 Å². The molecule has 65 heavy (non-hydrogen) atoms. The third-order valence-electron chi connectivity index (χ3n) is 12.5. The lowest BCUT2D eigenvalue weighted by Gasteiger charge is -2.27. The van der Waals surface area contributed by atoms with E-state index in [1.165, 1.54) is 83.1 Å². The van der Waals surface area contributed by atoms with Gasteiger partial charge in [-0.1, -0.05) is 218 Å². The lowest BCUT2D eigenvalue weighted by Crippen LogP contribution is -2.10. The molecule has 0 bridgehead atoms. The fraction of sp³-hybridized carbons (Fsp3) is 0. The van der Waals surface area contributed by atoms with Crippen molar-refractivity contribution >= 4 is 27.8 Å². The summed E-state index contributed by atoms with van der Waals surface area (Å²) in [4.78, 5) is 2.39. The molecule has 306 valence electrons. The molecule has 0 saturated heterocycles. The number of rotatable bonds is 10. The van der Waals surface area contributed by atoms with E-state index in [4.69, 9.17) is 0 Å². The summed E-state index contributed by atoms with van der Waals surface area (Å²) in [7, 11) is 0. The SMILES string of the molecule is c1ccc(-c2cc(-c3ccccc3)c(-c3ccc(N(c4ccc(-c5ccc6ccccc6c5)cc4)c4ccc(-c5ccccc5)c(-c5ccccc5)c4)cc3)c(-c3ccccc3)c2)cc1. The molecule has 0 unspecified atom stereocenters. The van der Waals surface area contributed by atoms with Crippen LogP contribution in [0.2, 0.25) is 0 Å². The molecule has 1 heteroatoms. The second-order valence-electron chi connectivity index (χ2n) is 16.5. The fourth-order valence-corrected chi connectivity index (χ4v) is 9.23. The highest BCUT2D eigenvalue weighted by atomic mass is 15.1. The highest BCUT2D eigenvalue weighted by Gasteiger charge is 2.20. The molecular formula is C64H45N. The number of nitrogens with zero attached hydrogens (tertiary/aromatic N) is 1. The summed E-state index contributed by atoms with van der Waals surface area (Å²) in [6.07, 6.45) is 0. The maximum Gasteiger partial charge on any atom is 0.0468 e. The summed E-state index contributed by atoms with van der Waals surface area (Å²) in [5.41, 5.74) is 19.9. The van der Waals surface area contributed by atoms with E-state index < -0.39 is 0 Å². The minimum Gasteiger partial charge on any atom is -0.310 e. The van der Waals surface area contributed by atoms with E-state index in [0.29, 0.717) is 0 Å². The third-order valence-corrected chi connectivity index (χ3v) is 12.5. The van der Waals surface area contributed by atoms with E-state index in [-0.39, 0.29) is 0 Å². The van der Waals surface area contributed by atoms with Crippen LogP contribution >= 0.6 is 0 Å². The summed E-state index contributed by atoms with van der Waals surface area (Å²) in [6, 6.07) is 98.9. The van der Waals surface area contributed by atoms with Crippen LogP contribution < -0.4 is 4.90 Å². The monoisotopic (exact) mass is 827 g/mol. The van der Waals surface area contributed by atoms with Crippen molar-refractivity contribution in [2.75, 3.05) is 4.90 Å². The molecule has 0 N–H and O–H groups in total. The van der Waals surface area contributed by atoms with Crippen LogP contribution in [0, 0.1) is 0 Å². The van der Waals surface area contributed by atoms with Gasteiger partial charge in [0.1, 0.15) is 0 Å². The lowest BCUT2D eigenvalue weighted by molar-refractivity contribution is 1.28. The molecule has 1 nitrogen and oxygen atoms in total. The molecule has 0 spiro atoms. The van der Waals surface area contributed by atoms with E-state index in [1.54, 1.807) is 0 Å². The second-order valence-corrected chi connectivity index (χ2v) is 16.5. The van der Waals surface area contributed by atoms with Crippen LogP contribution in [0.5, 0.6) is 0 Å². The summed E-state index contributed by atoms with van der Waals surface area (Å²) in [6.45, 7) is 0. The van der Waals surface area contributed by atoms with Crippen LogP contribution in [0.4, 0.5) is 17.1 Å². The first kappa shape index (κ1) is 39.3. The molecule has 0 fully saturated rings. The van der Waals surface area contributed by atoms with Gasteiger partial charge < -0.3 is 4.90 Å². The first-order valence-corrected chi connectivity index (χ1v) is 22.3. The zero-order chi connectivity index (χ0) is 43.4. The van der Waals surface area contributed by atoms with Gasteiger partial charge in [-0.05, 0) is 143 Å². The fourth-order valence-electron chi connectivity index (χ4n) is 9.23. The largest absolute Gasteiger partial charge is 0.310 e. The minimum atomic E-state index is 1.07. The molecule has 0 atom stereocenters. The zero-order valence-corrected chi connectivity index (χ0v) is 35.9. The van der Waals surface area contributed by atoms with Gasteiger partial charge in [-0.25, -0.2) is 0 Å². The number of hydrogen-bond acceptors (Lipinski definition) is 1. The Morgan fingerprint density at radius 3 is 1.09 bits per heavy atom. The number of hydrogen-bond donors (Lipinski definition) is 0. The van der Waals surface area contributed by atoms with Gasteiger partial charge in [0, 0.05) is 17.1 Å². The standard InChI is InChI=1S/C64H45N/c1-6-18-46(19-7-1)56-43-62(51-25-12-4-13-26-51)64(63(44-56)52-27-14-5-15-28-52)53-34-38-58(39-35-53)65(57-36-32-48(33-37-57)55-31-30-47-20-16-17-29-54(47)42-55)59-40-41-60(49-21-8-2-9-22-49)61(45-59)50-23-10-3-11-24-50/h1-45H. The molecule has 11 rings (SSSR count). The molecule has 11 aromatic carbocycles. The number of fused-ring (bicyclic) bond motifs is 1. The van der Waals surface area contributed by atoms with Crippen molar-refractivity contribution < 1.29 is 0 Å². The van der Waals surface area contributed by atoms with Crippen molar-refractivity contribution in [1.82, 2.24) is 0 Å². The van der Waals surface area contributed by atoms with Gasteiger partial charge in [0.05, 0.1) is 0 Å². The smallest absolute Gasteiger partial charge is 0.0468 e. The Morgan fingerprint density at radius 2 is 0.569 bits per heavy atom. The van der Waals surface area contributed by atoms with E-state index in [0.717, 1.165) is 22.6 Å². The normalized spacial score (nSPS) is 11.1. The molecule has 0 radical (unpaired) electrons. The van der Waals surface area contributed by atoms with Crippen LogP contribution in [0.3, 0.4) is 0 Å². The molecule has 0 aliphatic rings. The Balaban J connectivity index is 1.08. The van der Waals surface area contributed by atoms with Crippen LogP contribution in [0.1, 0.15) is 0 Å². The maximum absolute atomic E-state index is 2.39. The Bertz CT molecular complexity index is 3300. The Labute approximate surface area is 381 Å². The number of benzene rings is 11. The van der Waals surface area contributed by atoms with E-state index in [1.807, 2.05) is 0 Å². The highest BCUT2D eigenvalue weighted by molar-refractivity contribution is 5.98. The molecule has 0 saturated carbocycles. The molecular weight excluding hydrogens is 783 g/mol. The van der Waals surface area contributed by atoms with Crippen molar-refractivity contribution in [3.63, 3.8) is 0 Å². The molecule has 0 aliphatic heterocycles. The zero-order valence-electron chi connectivity index (χ0n) is 35.9. The highest BCUT2D eigenvalue weighted by Crippen LogP contribution is 2.46. The minimum absolute atomic E-state index is 1.07. The first-order chi connectivity index (χ1) is 32.2. The molecule has 0 aromatic heterocycles. The van der Waals surface area contributed by atoms with Crippen molar-refractivity contribution in [3.8, 4) is 77.9 Å². The van der Waals surface area contributed by atoms with Gasteiger partial charge >= 0.3 is 0 Å².